The highest BCUT2D eigenvalue weighted by Gasteiger charge is 1.99. The summed E-state index contributed by atoms with van der Waals surface area (Å²) >= 11 is 0. The number of carbonyl (C=O) groups is 1. The van der Waals surface area contributed by atoms with E-state index in [1.54, 1.807) is 30.4 Å². The van der Waals surface area contributed by atoms with Gasteiger partial charge < -0.3 is 5.11 Å². The molecule has 0 saturated heterocycles. The second-order valence-electron chi connectivity index (χ2n) is 4.03. The van der Waals surface area contributed by atoms with Crippen LogP contribution in [-0.2, 0) is 4.79 Å². The summed E-state index contributed by atoms with van der Waals surface area (Å²) in [6.07, 6.45) is 12.3. The van der Waals surface area contributed by atoms with Gasteiger partial charge in [-0.05, 0) is 12.0 Å². The van der Waals surface area contributed by atoms with Gasteiger partial charge in [-0.25, -0.2) is 4.79 Å². The van der Waals surface area contributed by atoms with E-state index in [1.165, 1.54) is 6.08 Å². The first-order chi connectivity index (χ1) is 10.6. The number of carboxylic acids is 1. The lowest BCUT2D eigenvalue weighted by atomic mass is 10.1. The highest BCUT2D eigenvalue weighted by atomic mass is 16.4. The van der Waals surface area contributed by atoms with E-state index in [2.05, 4.69) is 13.2 Å². The molecule has 1 aromatic rings. The molecule has 3 heteroatoms. The predicted octanol–water partition coefficient (Wildman–Crippen LogP) is 4.54. The van der Waals surface area contributed by atoms with Crippen LogP contribution in [0.2, 0.25) is 0 Å². The van der Waals surface area contributed by atoms with E-state index in [1.807, 2.05) is 42.5 Å². The number of hydrogen-bond donors (Lipinski definition) is 1. The minimum Gasteiger partial charge on any atom is -0.478 e. The molecule has 1 rings (SSSR count). The van der Waals surface area contributed by atoms with Gasteiger partial charge >= 0.3 is 5.97 Å². The number of benzene rings is 1. The van der Waals surface area contributed by atoms with Gasteiger partial charge in [-0.2, -0.15) is 5.26 Å². The topological polar surface area (TPSA) is 61.1 Å². The Kier molecular flexibility index (Phi) is 11.1. The third kappa shape index (κ3) is 10.8. The van der Waals surface area contributed by atoms with Gasteiger partial charge in [0.25, 0.3) is 0 Å². The molecule has 1 aromatic carbocycles. The molecule has 0 aliphatic heterocycles. The van der Waals surface area contributed by atoms with Gasteiger partial charge in [0, 0.05) is 11.6 Å². The third-order valence-electron chi connectivity index (χ3n) is 2.31. The highest BCUT2D eigenvalue weighted by Crippen LogP contribution is 2.05. The maximum Gasteiger partial charge on any atom is 0.331 e. The summed E-state index contributed by atoms with van der Waals surface area (Å²) < 4.78 is 0. The molecule has 0 radical (unpaired) electrons. The minimum atomic E-state index is -0.942. The largest absolute Gasteiger partial charge is 0.478 e. The molecule has 3 nitrogen and oxygen atoms in total. The maximum absolute atomic E-state index is 10.4. The summed E-state index contributed by atoms with van der Waals surface area (Å²) in [4.78, 5) is 10.4. The molecule has 0 aliphatic rings. The number of carboxylic acid groups (broad SMARTS) is 1. The van der Waals surface area contributed by atoms with E-state index >= 15 is 0 Å². The molecule has 112 valence electrons. The Bertz CT molecular complexity index is 602. The predicted molar refractivity (Wildman–Crippen MR) is 91.0 cm³/mol. The SMILES string of the molecule is C=C(CC=Cc1ccccc1)C(=O)O.C=CC=CC=CC#N. The number of rotatable bonds is 6. The lowest BCUT2D eigenvalue weighted by Gasteiger charge is -1.93. The monoisotopic (exact) mass is 293 g/mol. The Morgan fingerprint density at radius 1 is 1.23 bits per heavy atom. The fourth-order valence-electron chi connectivity index (χ4n) is 1.23. The quantitative estimate of drug-likeness (QED) is 0.476. The van der Waals surface area contributed by atoms with E-state index in [4.69, 9.17) is 10.4 Å². The van der Waals surface area contributed by atoms with Gasteiger partial charge in [0.15, 0.2) is 0 Å². The Morgan fingerprint density at radius 3 is 2.45 bits per heavy atom. The van der Waals surface area contributed by atoms with Crippen molar-refractivity contribution in [3.8, 4) is 6.07 Å². The normalized spacial score (nSPS) is 10.1. The Balaban J connectivity index is 0.000000472. The molecule has 0 spiro atoms. The zero-order chi connectivity index (χ0) is 16.6. The van der Waals surface area contributed by atoms with Crippen LogP contribution in [0.5, 0.6) is 0 Å². The molecular weight excluding hydrogens is 274 g/mol. The number of nitriles is 1. The molecule has 0 aromatic heterocycles. The van der Waals surface area contributed by atoms with Crippen LogP contribution in [-0.4, -0.2) is 11.1 Å². The Morgan fingerprint density at radius 2 is 1.91 bits per heavy atom. The second kappa shape index (κ2) is 12.9. The van der Waals surface area contributed by atoms with Crippen LogP contribution in [0, 0.1) is 11.3 Å². The number of hydrogen-bond acceptors (Lipinski definition) is 2. The lowest BCUT2D eigenvalue weighted by molar-refractivity contribution is -0.132. The molecule has 0 unspecified atom stereocenters. The number of aliphatic carboxylic acids is 1. The number of allylic oxidation sites excluding steroid dienone is 6. The Labute approximate surface area is 131 Å². The summed E-state index contributed by atoms with van der Waals surface area (Å²) in [6, 6.07) is 11.6. The fourth-order valence-corrected chi connectivity index (χ4v) is 1.23. The molecule has 0 atom stereocenters. The summed E-state index contributed by atoms with van der Waals surface area (Å²) in [7, 11) is 0. The van der Waals surface area contributed by atoms with Gasteiger partial charge in [0.1, 0.15) is 0 Å². The first-order valence-corrected chi connectivity index (χ1v) is 6.58. The first kappa shape index (κ1) is 18.9. The van der Waals surface area contributed by atoms with Crippen molar-refractivity contribution >= 4 is 12.0 Å². The standard InChI is InChI=1S/C12H12O2.C7H7N/c1-10(12(13)14)6-5-9-11-7-3-2-4-8-11;1-2-3-4-5-6-7-8/h2-5,7-9H,1,6H2,(H,13,14);2-6H,1H2. The molecular formula is C19H19NO2. The molecule has 0 bridgehead atoms. The van der Waals surface area contributed by atoms with Gasteiger partial charge in [0.05, 0.1) is 6.07 Å². The van der Waals surface area contributed by atoms with Crippen molar-refractivity contribution in [3.63, 3.8) is 0 Å². The summed E-state index contributed by atoms with van der Waals surface area (Å²) in [6.45, 7) is 6.89. The van der Waals surface area contributed by atoms with Crippen LogP contribution >= 0.6 is 0 Å². The van der Waals surface area contributed by atoms with Crippen LogP contribution in [0.25, 0.3) is 6.08 Å². The van der Waals surface area contributed by atoms with Gasteiger partial charge in [-0.3, -0.25) is 0 Å². The van der Waals surface area contributed by atoms with Crippen LogP contribution < -0.4 is 0 Å². The highest BCUT2D eigenvalue weighted by molar-refractivity contribution is 5.86. The van der Waals surface area contributed by atoms with Crippen molar-refractivity contribution in [2.75, 3.05) is 0 Å². The summed E-state index contributed by atoms with van der Waals surface area (Å²) in [5, 5.41) is 16.5. The molecule has 0 heterocycles. The summed E-state index contributed by atoms with van der Waals surface area (Å²) in [5.41, 5.74) is 1.27. The zero-order valence-electron chi connectivity index (χ0n) is 12.4. The van der Waals surface area contributed by atoms with Crippen molar-refractivity contribution in [2.45, 2.75) is 6.42 Å². The van der Waals surface area contributed by atoms with E-state index < -0.39 is 5.97 Å². The molecule has 0 amide bonds. The van der Waals surface area contributed by atoms with E-state index in [0.717, 1.165) is 5.56 Å². The third-order valence-corrected chi connectivity index (χ3v) is 2.31. The maximum atomic E-state index is 10.4. The van der Waals surface area contributed by atoms with E-state index in [-0.39, 0.29) is 5.57 Å². The number of nitrogens with zero attached hydrogens (tertiary/aromatic N) is 1. The van der Waals surface area contributed by atoms with Gasteiger partial charge in [0.2, 0.25) is 0 Å². The van der Waals surface area contributed by atoms with Crippen molar-refractivity contribution < 1.29 is 9.90 Å². The van der Waals surface area contributed by atoms with Crippen molar-refractivity contribution in [3.05, 3.63) is 91.1 Å². The van der Waals surface area contributed by atoms with Crippen LogP contribution in [0.3, 0.4) is 0 Å². The van der Waals surface area contributed by atoms with E-state index in [0.29, 0.717) is 6.42 Å². The van der Waals surface area contributed by atoms with Crippen LogP contribution in [0.15, 0.2) is 85.5 Å². The van der Waals surface area contributed by atoms with Crippen molar-refractivity contribution in [2.24, 2.45) is 0 Å². The molecule has 1 N–H and O–H groups in total. The van der Waals surface area contributed by atoms with Gasteiger partial charge in [-0.15, -0.1) is 0 Å². The van der Waals surface area contributed by atoms with Crippen molar-refractivity contribution in [1.82, 2.24) is 0 Å². The van der Waals surface area contributed by atoms with Crippen molar-refractivity contribution in [1.29, 1.82) is 5.26 Å². The molecule has 0 aliphatic carbocycles. The minimum absolute atomic E-state index is 0.206. The summed E-state index contributed by atoms with van der Waals surface area (Å²) in [5.74, 6) is -0.942. The van der Waals surface area contributed by atoms with E-state index in [9.17, 15) is 4.79 Å². The second-order valence-corrected chi connectivity index (χ2v) is 4.03. The molecule has 0 fully saturated rings. The fraction of sp³-hybridized carbons (Fsp3) is 0.0526. The zero-order valence-corrected chi connectivity index (χ0v) is 12.4. The van der Waals surface area contributed by atoms with Crippen LogP contribution in [0.1, 0.15) is 12.0 Å². The average molecular weight is 293 g/mol. The first-order valence-electron chi connectivity index (χ1n) is 6.58. The Hall–Kier alpha value is -3.12. The molecule has 0 saturated carbocycles. The average Bonchev–Trinajstić information content (AvgIpc) is 2.53. The molecule has 22 heavy (non-hydrogen) atoms. The lowest BCUT2D eigenvalue weighted by Crippen LogP contribution is -1.96. The van der Waals surface area contributed by atoms with Crippen LogP contribution in [0.4, 0.5) is 0 Å². The smallest absolute Gasteiger partial charge is 0.331 e. The van der Waals surface area contributed by atoms with Gasteiger partial charge in [-0.1, -0.05) is 79.9 Å².